The lowest BCUT2D eigenvalue weighted by Gasteiger charge is -2.05. The highest BCUT2D eigenvalue weighted by molar-refractivity contribution is 7.99. The molecule has 0 aliphatic carbocycles. The molecule has 1 heterocycles. The van der Waals surface area contributed by atoms with E-state index in [2.05, 4.69) is 15.5 Å². The standard InChI is InChI=1S/C13H16N4OS2/c1-9-15-16-13(17(9)2)20-8-12(18)14-10-4-6-11(19-3)7-5-10/h4-7H,8H2,1-3H3,(H,14,18). The van der Waals surface area contributed by atoms with Crippen LogP contribution in [0.1, 0.15) is 5.82 Å². The van der Waals surface area contributed by atoms with E-state index in [1.165, 1.54) is 16.7 Å². The second kappa shape index (κ2) is 6.81. The zero-order chi connectivity index (χ0) is 14.5. The number of nitrogens with one attached hydrogen (secondary N) is 1. The molecule has 0 atom stereocenters. The maximum absolute atomic E-state index is 11.9. The van der Waals surface area contributed by atoms with Gasteiger partial charge in [0.25, 0.3) is 0 Å². The first-order valence-corrected chi connectivity index (χ1v) is 8.24. The van der Waals surface area contributed by atoms with Crippen LogP contribution in [0.15, 0.2) is 34.3 Å². The van der Waals surface area contributed by atoms with E-state index < -0.39 is 0 Å². The van der Waals surface area contributed by atoms with Gasteiger partial charge in [-0.1, -0.05) is 11.8 Å². The Morgan fingerprint density at radius 2 is 2.00 bits per heavy atom. The topological polar surface area (TPSA) is 59.8 Å². The molecule has 0 spiro atoms. The van der Waals surface area contributed by atoms with Gasteiger partial charge in [0.1, 0.15) is 5.82 Å². The van der Waals surface area contributed by atoms with Crippen LogP contribution in [-0.2, 0) is 11.8 Å². The summed E-state index contributed by atoms with van der Waals surface area (Å²) in [5.41, 5.74) is 0.808. The van der Waals surface area contributed by atoms with Gasteiger partial charge in [0, 0.05) is 17.6 Å². The molecule has 7 heteroatoms. The Bertz CT molecular complexity index is 595. The monoisotopic (exact) mass is 308 g/mol. The van der Waals surface area contributed by atoms with E-state index in [1.54, 1.807) is 11.8 Å². The average molecular weight is 308 g/mol. The van der Waals surface area contributed by atoms with Gasteiger partial charge in [-0.3, -0.25) is 4.79 Å². The van der Waals surface area contributed by atoms with Crippen LogP contribution >= 0.6 is 23.5 Å². The third-order valence-corrected chi connectivity index (χ3v) is 4.52. The number of amides is 1. The molecule has 0 aliphatic heterocycles. The Labute approximate surface area is 126 Å². The number of rotatable bonds is 5. The van der Waals surface area contributed by atoms with Gasteiger partial charge >= 0.3 is 0 Å². The minimum absolute atomic E-state index is 0.0486. The molecule has 0 unspecified atom stereocenters. The molecule has 2 rings (SSSR count). The van der Waals surface area contributed by atoms with E-state index in [0.717, 1.165) is 16.7 Å². The summed E-state index contributed by atoms with van der Waals surface area (Å²) >= 11 is 3.05. The molecular formula is C13H16N4OS2. The number of nitrogens with zero attached hydrogens (tertiary/aromatic N) is 3. The van der Waals surface area contributed by atoms with Gasteiger partial charge < -0.3 is 9.88 Å². The van der Waals surface area contributed by atoms with Crippen molar-refractivity contribution >= 4 is 35.1 Å². The van der Waals surface area contributed by atoms with E-state index in [-0.39, 0.29) is 5.91 Å². The lowest BCUT2D eigenvalue weighted by Crippen LogP contribution is -2.14. The van der Waals surface area contributed by atoms with E-state index in [9.17, 15) is 4.79 Å². The molecular weight excluding hydrogens is 292 g/mol. The minimum atomic E-state index is -0.0486. The first-order valence-electron chi connectivity index (χ1n) is 6.03. The molecule has 5 nitrogen and oxygen atoms in total. The molecule has 1 aromatic carbocycles. The summed E-state index contributed by atoms with van der Waals surface area (Å²) in [5, 5.41) is 11.6. The van der Waals surface area contributed by atoms with Crippen molar-refractivity contribution in [2.24, 2.45) is 7.05 Å². The summed E-state index contributed by atoms with van der Waals surface area (Å²) in [7, 11) is 1.89. The van der Waals surface area contributed by atoms with Gasteiger partial charge in [0.15, 0.2) is 5.16 Å². The fourth-order valence-electron chi connectivity index (χ4n) is 1.51. The predicted molar refractivity (Wildman–Crippen MR) is 83.3 cm³/mol. The lowest BCUT2D eigenvalue weighted by atomic mass is 10.3. The molecule has 0 aliphatic rings. The number of anilines is 1. The molecule has 0 saturated carbocycles. The molecule has 2 aromatic rings. The summed E-state index contributed by atoms with van der Waals surface area (Å²) in [6, 6.07) is 7.78. The molecule has 0 radical (unpaired) electrons. The highest BCUT2D eigenvalue weighted by atomic mass is 32.2. The van der Waals surface area contributed by atoms with Crippen molar-refractivity contribution in [3.63, 3.8) is 0 Å². The van der Waals surface area contributed by atoms with Crippen molar-refractivity contribution in [1.29, 1.82) is 0 Å². The maximum atomic E-state index is 11.9. The maximum Gasteiger partial charge on any atom is 0.234 e. The smallest absolute Gasteiger partial charge is 0.234 e. The SMILES string of the molecule is CSc1ccc(NC(=O)CSc2nnc(C)n2C)cc1. The van der Waals surface area contributed by atoms with Crippen LogP contribution in [-0.4, -0.2) is 32.7 Å². The molecule has 1 amide bonds. The predicted octanol–water partition coefficient (Wildman–Crippen LogP) is 2.58. The summed E-state index contributed by atoms with van der Waals surface area (Å²) in [5.74, 6) is 1.10. The molecule has 0 saturated heterocycles. The van der Waals surface area contributed by atoms with Crippen LogP contribution in [0.3, 0.4) is 0 Å². The summed E-state index contributed by atoms with van der Waals surface area (Å²) < 4.78 is 1.87. The Morgan fingerprint density at radius 3 is 2.55 bits per heavy atom. The second-order valence-electron chi connectivity index (χ2n) is 4.15. The molecule has 1 N–H and O–H groups in total. The number of thioether (sulfide) groups is 2. The highest BCUT2D eigenvalue weighted by Crippen LogP contribution is 2.19. The Balaban J connectivity index is 1.87. The Hall–Kier alpha value is -1.47. The van der Waals surface area contributed by atoms with Gasteiger partial charge in [-0.2, -0.15) is 0 Å². The largest absolute Gasteiger partial charge is 0.325 e. The number of hydrogen-bond donors (Lipinski definition) is 1. The average Bonchev–Trinajstić information content (AvgIpc) is 2.77. The molecule has 20 heavy (non-hydrogen) atoms. The van der Waals surface area contributed by atoms with Crippen molar-refractivity contribution in [1.82, 2.24) is 14.8 Å². The van der Waals surface area contributed by atoms with Gasteiger partial charge in [0.05, 0.1) is 5.75 Å². The van der Waals surface area contributed by atoms with Gasteiger partial charge in [-0.15, -0.1) is 22.0 Å². The van der Waals surface area contributed by atoms with Crippen LogP contribution in [0.4, 0.5) is 5.69 Å². The fourth-order valence-corrected chi connectivity index (χ4v) is 2.68. The van der Waals surface area contributed by atoms with Crippen LogP contribution in [0.25, 0.3) is 0 Å². The van der Waals surface area contributed by atoms with Crippen molar-refractivity contribution in [3.05, 3.63) is 30.1 Å². The summed E-state index contributed by atoms with van der Waals surface area (Å²) in [6.07, 6.45) is 2.02. The van der Waals surface area contributed by atoms with E-state index in [0.29, 0.717) is 5.75 Å². The quantitative estimate of drug-likeness (QED) is 0.860. The van der Waals surface area contributed by atoms with Crippen LogP contribution in [0.5, 0.6) is 0 Å². The van der Waals surface area contributed by atoms with Crippen molar-refractivity contribution in [2.45, 2.75) is 17.0 Å². The Kier molecular flexibility index (Phi) is 5.08. The Morgan fingerprint density at radius 1 is 1.30 bits per heavy atom. The highest BCUT2D eigenvalue weighted by Gasteiger charge is 2.09. The van der Waals surface area contributed by atoms with Crippen molar-refractivity contribution in [3.8, 4) is 0 Å². The van der Waals surface area contributed by atoms with Gasteiger partial charge in [-0.05, 0) is 37.4 Å². The van der Waals surface area contributed by atoms with E-state index in [4.69, 9.17) is 0 Å². The van der Waals surface area contributed by atoms with Gasteiger partial charge in [0.2, 0.25) is 5.91 Å². The fraction of sp³-hybridized carbons (Fsp3) is 0.308. The van der Waals surface area contributed by atoms with Crippen molar-refractivity contribution in [2.75, 3.05) is 17.3 Å². The lowest BCUT2D eigenvalue weighted by molar-refractivity contribution is -0.113. The number of aromatic nitrogens is 3. The minimum Gasteiger partial charge on any atom is -0.325 e. The number of hydrogen-bond acceptors (Lipinski definition) is 5. The van der Waals surface area contributed by atoms with Crippen molar-refractivity contribution < 1.29 is 4.79 Å². The summed E-state index contributed by atoms with van der Waals surface area (Å²) in [4.78, 5) is 13.0. The number of carbonyl (C=O) groups excluding carboxylic acids is 1. The number of aryl methyl sites for hydroxylation is 1. The molecule has 0 bridgehead atoms. The van der Waals surface area contributed by atoms with Gasteiger partial charge in [-0.25, -0.2) is 0 Å². The first-order chi connectivity index (χ1) is 9.60. The zero-order valence-corrected chi connectivity index (χ0v) is 13.2. The van der Waals surface area contributed by atoms with E-state index >= 15 is 0 Å². The normalized spacial score (nSPS) is 10.6. The molecule has 0 fully saturated rings. The third kappa shape index (κ3) is 3.77. The van der Waals surface area contributed by atoms with Crippen LogP contribution < -0.4 is 5.32 Å². The second-order valence-corrected chi connectivity index (χ2v) is 5.98. The van der Waals surface area contributed by atoms with E-state index in [1.807, 2.05) is 49.1 Å². The zero-order valence-electron chi connectivity index (χ0n) is 11.6. The van der Waals surface area contributed by atoms with Crippen LogP contribution in [0.2, 0.25) is 0 Å². The third-order valence-electron chi connectivity index (χ3n) is 2.76. The molecule has 1 aromatic heterocycles. The van der Waals surface area contributed by atoms with Crippen LogP contribution in [0, 0.1) is 6.92 Å². The number of benzene rings is 1. The first kappa shape index (κ1) is 14.9. The summed E-state index contributed by atoms with van der Waals surface area (Å²) in [6.45, 7) is 1.88. The number of carbonyl (C=O) groups is 1. The molecule has 106 valence electrons.